The van der Waals surface area contributed by atoms with Crippen LogP contribution in [0.3, 0.4) is 0 Å². The van der Waals surface area contributed by atoms with E-state index in [4.69, 9.17) is 4.74 Å². The Hall–Kier alpha value is -3.78. The minimum Gasteiger partial charge on any atom is -0.497 e. The summed E-state index contributed by atoms with van der Waals surface area (Å²) in [5, 5.41) is 0. The molecule has 164 valence electrons. The average molecular weight is 432 g/mol. The van der Waals surface area contributed by atoms with Crippen LogP contribution in [0.15, 0.2) is 109 Å². The number of ether oxygens (including phenoxy) is 1. The summed E-state index contributed by atoms with van der Waals surface area (Å²) in [5.41, 5.74) is 9.98. The fraction of sp³-hybridized carbons (Fsp3) is 0.161. The zero-order chi connectivity index (χ0) is 22.6. The van der Waals surface area contributed by atoms with Crippen molar-refractivity contribution < 1.29 is 4.74 Å². The van der Waals surface area contributed by atoms with Crippen molar-refractivity contribution in [1.29, 1.82) is 0 Å². The monoisotopic (exact) mass is 431 g/mol. The van der Waals surface area contributed by atoms with E-state index >= 15 is 0 Å². The summed E-state index contributed by atoms with van der Waals surface area (Å²) in [7, 11) is 1.70. The average Bonchev–Trinajstić information content (AvgIpc) is 3.33. The van der Waals surface area contributed by atoms with Gasteiger partial charge in [-0.1, -0.05) is 60.7 Å². The lowest BCUT2D eigenvalue weighted by Gasteiger charge is -2.26. The van der Waals surface area contributed by atoms with Crippen LogP contribution in [0.1, 0.15) is 29.5 Å². The Balaban J connectivity index is 1.46. The highest BCUT2D eigenvalue weighted by Crippen LogP contribution is 2.37. The summed E-state index contributed by atoms with van der Waals surface area (Å²) in [5.74, 6) is 0.864. The van der Waals surface area contributed by atoms with E-state index in [0.29, 0.717) is 0 Å². The predicted molar refractivity (Wildman–Crippen MR) is 140 cm³/mol. The third kappa shape index (κ3) is 4.70. The van der Waals surface area contributed by atoms with Gasteiger partial charge in [-0.05, 0) is 96.5 Å². The van der Waals surface area contributed by atoms with Gasteiger partial charge in [0.25, 0.3) is 0 Å². The van der Waals surface area contributed by atoms with E-state index < -0.39 is 0 Å². The molecule has 0 bridgehead atoms. The number of aryl methyl sites for hydroxylation is 2. The summed E-state index contributed by atoms with van der Waals surface area (Å²) < 4.78 is 5.38. The van der Waals surface area contributed by atoms with E-state index in [0.717, 1.165) is 29.1 Å². The van der Waals surface area contributed by atoms with Gasteiger partial charge in [0.15, 0.2) is 0 Å². The number of allylic oxidation sites excluding steroid dienone is 6. The molecule has 2 nitrogen and oxygen atoms in total. The molecule has 0 fully saturated rings. The number of hydrogen-bond acceptors (Lipinski definition) is 2. The predicted octanol–water partition coefficient (Wildman–Crippen LogP) is 8.11. The van der Waals surface area contributed by atoms with Crippen LogP contribution in [0.5, 0.6) is 5.75 Å². The highest BCUT2D eigenvalue weighted by atomic mass is 16.5. The number of rotatable bonds is 6. The van der Waals surface area contributed by atoms with Crippen LogP contribution in [0.2, 0.25) is 0 Å². The van der Waals surface area contributed by atoms with Crippen molar-refractivity contribution >= 4 is 23.1 Å². The number of benzene rings is 3. The number of anilines is 3. The van der Waals surface area contributed by atoms with Gasteiger partial charge in [-0.15, -0.1) is 0 Å². The van der Waals surface area contributed by atoms with Gasteiger partial charge in [0.05, 0.1) is 7.11 Å². The van der Waals surface area contributed by atoms with Gasteiger partial charge >= 0.3 is 0 Å². The SMILES string of the molecule is C=C1C=CC(/C=C\c2ccc(N(c3ccc(OC)cc3)c3ccc4c(c3)CCC4)cc2)=CC1. The molecule has 3 aromatic rings. The maximum absolute atomic E-state index is 5.38. The van der Waals surface area contributed by atoms with E-state index in [9.17, 15) is 0 Å². The second-order valence-electron chi connectivity index (χ2n) is 8.66. The Morgan fingerprint density at radius 2 is 1.48 bits per heavy atom. The van der Waals surface area contributed by atoms with Crippen molar-refractivity contribution in [3.05, 3.63) is 125 Å². The summed E-state index contributed by atoms with van der Waals surface area (Å²) in [6.45, 7) is 4.00. The second kappa shape index (κ2) is 9.38. The van der Waals surface area contributed by atoms with Crippen molar-refractivity contribution in [2.45, 2.75) is 25.7 Å². The lowest BCUT2D eigenvalue weighted by Crippen LogP contribution is -2.10. The van der Waals surface area contributed by atoms with Gasteiger partial charge in [-0.3, -0.25) is 0 Å². The first-order chi connectivity index (χ1) is 16.2. The number of hydrogen-bond donors (Lipinski definition) is 0. The molecule has 2 heteroatoms. The summed E-state index contributed by atoms with van der Waals surface area (Å²) in [4.78, 5) is 2.32. The van der Waals surface area contributed by atoms with Crippen LogP contribution in [-0.2, 0) is 12.8 Å². The van der Waals surface area contributed by atoms with E-state index in [1.54, 1.807) is 7.11 Å². The van der Waals surface area contributed by atoms with Crippen LogP contribution >= 0.6 is 0 Å². The molecule has 0 atom stereocenters. The summed E-state index contributed by atoms with van der Waals surface area (Å²) in [6.07, 6.45) is 15.3. The third-order valence-electron chi connectivity index (χ3n) is 6.40. The Morgan fingerprint density at radius 3 is 2.18 bits per heavy atom. The van der Waals surface area contributed by atoms with Gasteiger partial charge in [-0.2, -0.15) is 0 Å². The molecular formula is C31H29NO. The standard InChI is InChI=1S/C31H29NO/c1-23-6-8-24(9-7-23)10-11-25-12-15-28(16-13-25)32(29-18-20-31(33-2)21-19-29)30-17-14-26-4-3-5-27(26)22-30/h6,8-22H,1,3-5,7H2,2H3/b11-10-. The van der Waals surface area contributed by atoms with Gasteiger partial charge in [-0.25, -0.2) is 0 Å². The zero-order valence-corrected chi connectivity index (χ0v) is 19.1. The first-order valence-corrected chi connectivity index (χ1v) is 11.6. The molecule has 0 unspecified atom stereocenters. The van der Waals surface area contributed by atoms with Crippen molar-refractivity contribution in [3.8, 4) is 5.75 Å². The van der Waals surface area contributed by atoms with Crippen LogP contribution in [0, 0.1) is 0 Å². The molecule has 2 aliphatic carbocycles. The molecule has 0 saturated carbocycles. The maximum atomic E-state index is 5.38. The largest absolute Gasteiger partial charge is 0.497 e. The van der Waals surface area contributed by atoms with Gasteiger partial charge < -0.3 is 9.64 Å². The van der Waals surface area contributed by atoms with Crippen LogP contribution < -0.4 is 9.64 Å². The van der Waals surface area contributed by atoms with E-state index in [2.05, 4.69) is 96.5 Å². The lowest BCUT2D eigenvalue weighted by atomic mass is 10.0. The molecule has 0 aliphatic heterocycles. The van der Waals surface area contributed by atoms with Crippen molar-refractivity contribution in [3.63, 3.8) is 0 Å². The van der Waals surface area contributed by atoms with Crippen LogP contribution in [-0.4, -0.2) is 7.11 Å². The Kier molecular flexibility index (Phi) is 5.99. The Labute approximate surface area is 196 Å². The van der Waals surface area contributed by atoms with E-state index in [1.807, 2.05) is 12.1 Å². The van der Waals surface area contributed by atoms with E-state index in [-0.39, 0.29) is 0 Å². The highest BCUT2D eigenvalue weighted by molar-refractivity contribution is 5.78. The highest BCUT2D eigenvalue weighted by Gasteiger charge is 2.17. The van der Waals surface area contributed by atoms with Gasteiger partial charge in [0.2, 0.25) is 0 Å². The molecule has 3 aromatic carbocycles. The summed E-state index contributed by atoms with van der Waals surface area (Å²) in [6, 6.07) is 23.9. The number of nitrogens with zero attached hydrogens (tertiary/aromatic N) is 1. The molecule has 0 radical (unpaired) electrons. The van der Waals surface area contributed by atoms with Crippen molar-refractivity contribution in [2.75, 3.05) is 12.0 Å². The fourth-order valence-corrected chi connectivity index (χ4v) is 4.53. The molecule has 33 heavy (non-hydrogen) atoms. The van der Waals surface area contributed by atoms with Crippen molar-refractivity contribution in [2.24, 2.45) is 0 Å². The maximum Gasteiger partial charge on any atom is 0.119 e. The molecule has 0 spiro atoms. The fourth-order valence-electron chi connectivity index (χ4n) is 4.53. The molecule has 0 heterocycles. The molecule has 0 saturated heterocycles. The zero-order valence-electron chi connectivity index (χ0n) is 19.1. The molecule has 2 aliphatic rings. The topological polar surface area (TPSA) is 12.5 Å². The Morgan fingerprint density at radius 1 is 0.788 bits per heavy atom. The minimum atomic E-state index is 0.864. The van der Waals surface area contributed by atoms with Crippen molar-refractivity contribution in [1.82, 2.24) is 0 Å². The normalized spacial score (nSPS) is 14.9. The van der Waals surface area contributed by atoms with Gasteiger partial charge in [0.1, 0.15) is 5.75 Å². The lowest BCUT2D eigenvalue weighted by molar-refractivity contribution is 0.415. The molecule has 5 rings (SSSR count). The number of fused-ring (bicyclic) bond motifs is 1. The quantitative estimate of drug-likeness (QED) is 0.391. The molecule has 0 N–H and O–H groups in total. The van der Waals surface area contributed by atoms with Crippen LogP contribution in [0.4, 0.5) is 17.1 Å². The first-order valence-electron chi connectivity index (χ1n) is 11.6. The third-order valence-corrected chi connectivity index (χ3v) is 6.40. The summed E-state index contributed by atoms with van der Waals surface area (Å²) >= 11 is 0. The molecular weight excluding hydrogens is 402 g/mol. The Bertz CT molecular complexity index is 1240. The molecule has 0 aromatic heterocycles. The first kappa shape index (κ1) is 21.1. The second-order valence-corrected chi connectivity index (χ2v) is 8.66. The smallest absolute Gasteiger partial charge is 0.119 e. The minimum absolute atomic E-state index is 0.864. The van der Waals surface area contributed by atoms with Gasteiger partial charge in [0, 0.05) is 17.1 Å². The number of methoxy groups -OCH3 is 1. The van der Waals surface area contributed by atoms with Crippen LogP contribution in [0.25, 0.3) is 6.08 Å². The van der Waals surface area contributed by atoms with E-state index in [1.165, 1.54) is 47.2 Å². The molecule has 0 amide bonds.